The van der Waals surface area contributed by atoms with E-state index in [1.165, 1.54) is 19.6 Å². The summed E-state index contributed by atoms with van der Waals surface area (Å²) in [5, 5.41) is 50.0. The van der Waals surface area contributed by atoms with E-state index in [4.69, 9.17) is 0 Å². The molecule has 0 atom stereocenters. The summed E-state index contributed by atoms with van der Waals surface area (Å²) in [5.41, 5.74) is 6.45. The van der Waals surface area contributed by atoms with E-state index < -0.39 is 99.9 Å². The van der Waals surface area contributed by atoms with Crippen LogP contribution in [-0.4, -0.2) is 166 Å². The van der Waals surface area contributed by atoms with Gasteiger partial charge >= 0.3 is 23.9 Å². The smallest absolute Gasteiger partial charge is 0.317 e. The normalized spacial score (nSPS) is 16.7. The van der Waals surface area contributed by atoms with Crippen LogP contribution in [0.2, 0.25) is 0 Å². The number of carbonyl (C=O) groups excluding carboxylic acids is 4. The van der Waals surface area contributed by atoms with Crippen LogP contribution in [-0.2, 0) is 38.4 Å². The number of aliphatic carboxylic acids is 4. The molecular formula is C40H56N8O12. The third kappa shape index (κ3) is 13.5. The Balaban J connectivity index is 2.09. The number of nitrogens with one attached hydrogen (secondary N) is 4. The summed E-state index contributed by atoms with van der Waals surface area (Å²) in [6, 6.07) is 0. The molecule has 0 saturated carbocycles. The lowest BCUT2D eigenvalue weighted by Crippen LogP contribution is -2.45. The van der Waals surface area contributed by atoms with E-state index in [0.29, 0.717) is 67.3 Å². The highest BCUT2D eigenvalue weighted by Crippen LogP contribution is 2.35. The number of hydrogen-bond acceptors (Lipinski definition) is 12. The number of anilines is 4. The molecule has 2 aromatic rings. The fourth-order valence-corrected chi connectivity index (χ4v) is 7.09. The maximum absolute atomic E-state index is 13.5. The molecule has 8 N–H and O–H groups in total. The molecule has 2 aromatic carbocycles. The molecule has 0 radical (unpaired) electrons. The van der Waals surface area contributed by atoms with Crippen LogP contribution in [0, 0.1) is 55.4 Å². The van der Waals surface area contributed by atoms with Crippen LogP contribution in [0.3, 0.4) is 0 Å². The van der Waals surface area contributed by atoms with Gasteiger partial charge in [-0.25, -0.2) is 0 Å². The van der Waals surface area contributed by atoms with Gasteiger partial charge in [-0.3, -0.25) is 58.0 Å². The van der Waals surface area contributed by atoms with Crippen molar-refractivity contribution in [2.45, 2.75) is 55.4 Å². The average molecular weight is 841 g/mol. The minimum absolute atomic E-state index is 0.0886. The zero-order valence-electron chi connectivity index (χ0n) is 35.3. The minimum Gasteiger partial charge on any atom is -0.480 e. The number of carboxylic acids is 4. The maximum Gasteiger partial charge on any atom is 0.317 e. The molecule has 4 aliphatic rings. The number of benzene rings is 2. The molecule has 0 unspecified atom stereocenters. The standard InChI is InChI=1S/C40H56N8O12/c1-21-22(2)38-24(4)23(3)37(21)41-29(49)13-45(17-33(53)54)9-10-47(19-35(57)58)15-31(51)43-39-25(5)27(7)40(28(8)26(39)6)44-32(52)16-48(20-36(59)60)12-11-46(18-34(55)56)14-30(50)42-38/h9-20H2,1-8H3,(H,41,49)(H,42,50)(H,43,51)(H,44,52)(H,53,54)(H,55,56)(H,57,58)(H,59,60). The molecule has 6 rings (SSSR count). The molecule has 0 aliphatic carbocycles. The van der Waals surface area contributed by atoms with Crippen molar-refractivity contribution in [2.75, 3.05) is 99.8 Å². The first kappa shape index (κ1) is 48.4. The van der Waals surface area contributed by atoms with Crippen molar-refractivity contribution in [3.05, 3.63) is 44.5 Å². The van der Waals surface area contributed by atoms with Crippen LogP contribution in [0.1, 0.15) is 44.5 Å². The van der Waals surface area contributed by atoms with Crippen molar-refractivity contribution in [2.24, 2.45) is 0 Å². The van der Waals surface area contributed by atoms with Gasteiger partial charge in [-0.05, 0) is 99.9 Å². The van der Waals surface area contributed by atoms with Crippen molar-refractivity contribution >= 4 is 70.3 Å². The van der Waals surface area contributed by atoms with Gasteiger partial charge in [0.1, 0.15) is 0 Å². The lowest BCUT2D eigenvalue weighted by atomic mass is 9.95. The summed E-state index contributed by atoms with van der Waals surface area (Å²) in [6.07, 6.45) is 0. The van der Waals surface area contributed by atoms with E-state index in [1.54, 1.807) is 55.4 Å². The molecule has 4 amide bonds. The van der Waals surface area contributed by atoms with E-state index in [-0.39, 0.29) is 26.2 Å². The van der Waals surface area contributed by atoms with Crippen LogP contribution in [0.5, 0.6) is 0 Å². The van der Waals surface area contributed by atoms with Crippen molar-refractivity contribution in [3.63, 3.8) is 0 Å². The SMILES string of the molecule is Cc1c(C)c2c(C)c(C)c1NC(=O)CN(CC(=O)O)CCN(CC(=O)O)CC(=O)Nc1c(C)c(C)c(c(C)c1C)NC(=O)CN(CC(=O)O)CCN(CC(=O)O)CC(=O)N2. The quantitative estimate of drug-likeness (QED) is 0.185. The molecule has 328 valence electrons. The van der Waals surface area contributed by atoms with Crippen molar-refractivity contribution in [1.82, 2.24) is 19.6 Å². The number of hydrogen-bond donors (Lipinski definition) is 8. The molecule has 60 heavy (non-hydrogen) atoms. The Hall–Kier alpha value is -5.96. The first-order chi connectivity index (χ1) is 28.0. The monoisotopic (exact) mass is 840 g/mol. The number of rotatable bonds is 8. The average Bonchev–Trinajstić information content (AvgIpc) is 3.13. The summed E-state index contributed by atoms with van der Waals surface area (Å²) < 4.78 is 0. The van der Waals surface area contributed by atoms with E-state index in [9.17, 15) is 58.8 Å². The number of carbonyl (C=O) groups is 8. The van der Waals surface area contributed by atoms with Gasteiger partial charge in [-0.1, -0.05) is 0 Å². The second-order valence-electron chi connectivity index (χ2n) is 15.1. The van der Waals surface area contributed by atoms with Gasteiger partial charge in [-0.2, -0.15) is 0 Å². The highest BCUT2D eigenvalue weighted by Gasteiger charge is 2.25. The Labute approximate surface area is 347 Å². The van der Waals surface area contributed by atoms with E-state index >= 15 is 0 Å². The summed E-state index contributed by atoms with van der Waals surface area (Å²) in [5.74, 6) is -7.18. The zero-order valence-corrected chi connectivity index (χ0v) is 35.3. The van der Waals surface area contributed by atoms with Gasteiger partial charge < -0.3 is 41.7 Å². The van der Waals surface area contributed by atoms with E-state index in [2.05, 4.69) is 21.3 Å². The van der Waals surface area contributed by atoms with E-state index in [0.717, 1.165) is 0 Å². The summed E-state index contributed by atoms with van der Waals surface area (Å²) >= 11 is 0. The zero-order chi connectivity index (χ0) is 45.2. The lowest BCUT2D eigenvalue weighted by molar-refractivity contribution is -0.140. The van der Waals surface area contributed by atoms with Gasteiger partial charge in [0.25, 0.3) is 0 Å². The van der Waals surface area contributed by atoms with Crippen LogP contribution >= 0.6 is 0 Å². The number of carboxylic acid groups (broad SMARTS) is 4. The Morgan fingerprint density at radius 1 is 0.367 bits per heavy atom. The first-order valence-electron chi connectivity index (χ1n) is 19.2. The molecule has 0 aromatic heterocycles. The second-order valence-corrected chi connectivity index (χ2v) is 15.1. The molecule has 0 spiro atoms. The fraction of sp³-hybridized carbons (Fsp3) is 0.500. The topological polar surface area (TPSA) is 279 Å². The molecule has 0 fully saturated rings. The maximum atomic E-state index is 13.5. The highest BCUT2D eigenvalue weighted by molar-refractivity contribution is 6.00. The van der Waals surface area contributed by atoms with Gasteiger partial charge in [0.15, 0.2) is 0 Å². The summed E-state index contributed by atoms with van der Waals surface area (Å²) in [7, 11) is 0. The molecule has 0 saturated heterocycles. The summed E-state index contributed by atoms with van der Waals surface area (Å²) in [6.45, 7) is 9.63. The Bertz CT molecular complexity index is 1710. The molecule has 20 heteroatoms. The van der Waals surface area contributed by atoms with Crippen molar-refractivity contribution in [1.29, 1.82) is 0 Å². The fourth-order valence-electron chi connectivity index (χ4n) is 7.09. The molecule has 4 aliphatic heterocycles. The Morgan fingerprint density at radius 2 is 0.517 bits per heavy atom. The first-order valence-corrected chi connectivity index (χ1v) is 19.2. The second kappa shape index (κ2) is 21.3. The van der Waals surface area contributed by atoms with Gasteiger partial charge in [0, 0.05) is 48.9 Å². The lowest BCUT2D eigenvalue weighted by Gasteiger charge is -2.27. The van der Waals surface area contributed by atoms with Crippen LogP contribution < -0.4 is 21.3 Å². The van der Waals surface area contributed by atoms with Gasteiger partial charge in [0.2, 0.25) is 23.6 Å². The molecule has 20 nitrogen and oxygen atoms in total. The van der Waals surface area contributed by atoms with Crippen molar-refractivity contribution in [3.8, 4) is 0 Å². The van der Waals surface area contributed by atoms with Crippen LogP contribution in [0.15, 0.2) is 0 Å². The van der Waals surface area contributed by atoms with E-state index in [1.807, 2.05) is 0 Å². The van der Waals surface area contributed by atoms with Crippen molar-refractivity contribution < 1.29 is 58.8 Å². The largest absolute Gasteiger partial charge is 0.480 e. The number of nitrogens with zero attached hydrogens (tertiary/aromatic N) is 4. The Kier molecular flexibility index (Phi) is 17.2. The van der Waals surface area contributed by atoms with Gasteiger partial charge in [-0.15, -0.1) is 0 Å². The molecule has 4 heterocycles. The Morgan fingerprint density at radius 3 is 0.650 bits per heavy atom. The van der Waals surface area contributed by atoms with Crippen LogP contribution in [0.4, 0.5) is 22.7 Å². The molecular weight excluding hydrogens is 784 g/mol. The third-order valence-electron chi connectivity index (χ3n) is 10.7. The summed E-state index contributed by atoms with van der Waals surface area (Å²) in [4.78, 5) is 106. The van der Waals surface area contributed by atoms with Crippen LogP contribution in [0.25, 0.3) is 0 Å². The highest BCUT2D eigenvalue weighted by atomic mass is 16.4. The molecule has 4 bridgehead atoms. The predicted molar refractivity (Wildman–Crippen MR) is 222 cm³/mol. The minimum atomic E-state index is -1.23. The number of amides is 4. The predicted octanol–water partition coefficient (Wildman–Crippen LogP) is 1.17. The van der Waals surface area contributed by atoms with Gasteiger partial charge in [0.05, 0.1) is 52.4 Å². The third-order valence-corrected chi connectivity index (χ3v) is 10.7.